The zero-order valence-electron chi connectivity index (χ0n) is 21.2. The molecule has 10 nitrogen and oxygen atoms in total. The molecule has 2 aliphatic carbocycles. The Morgan fingerprint density at radius 2 is 1.56 bits per heavy atom. The van der Waals surface area contributed by atoms with Gasteiger partial charge in [-0.05, 0) is 56.7 Å². The standard InChI is InChI=1S/C28H29FN8O2/c29-21-15-30-13-12-22(21)35-28(39)24-16-31-26-23(32-18-6-7-18)14-25(36-37(24)26)33-19-8-10-20(11-9-19)34-27(38)17-4-2-1-3-5-17/h1-5,12-16,18-20,32H,6-11H2,(H,33,36)(H,34,38)(H,30,35,39). The highest BCUT2D eigenvalue weighted by molar-refractivity contribution is 6.03. The molecular weight excluding hydrogens is 499 g/mol. The monoisotopic (exact) mass is 528 g/mol. The van der Waals surface area contributed by atoms with Crippen LogP contribution in [-0.2, 0) is 0 Å². The lowest BCUT2D eigenvalue weighted by molar-refractivity contribution is 0.0925. The van der Waals surface area contributed by atoms with E-state index in [1.165, 1.54) is 23.0 Å². The summed E-state index contributed by atoms with van der Waals surface area (Å²) >= 11 is 0. The zero-order valence-corrected chi connectivity index (χ0v) is 21.2. The second-order valence-electron chi connectivity index (χ2n) is 10.1. The van der Waals surface area contributed by atoms with Gasteiger partial charge in [-0.1, -0.05) is 18.2 Å². The van der Waals surface area contributed by atoms with E-state index in [-0.39, 0.29) is 29.4 Å². The molecule has 11 heteroatoms. The summed E-state index contributed by atoms with van der Waals surface area (Å²) in [6.07, 6.45) is 9.48. The molecule has 4 N–H and O–H groups in total. The summed E-state index contributed by atoms with van der Waals surface area (Å²) < 4.78 is 15.6. The van der Waals surface area contributed by atoms with Crippen molar-refractivity contribution in [3.63, 3.8) is 0 Å². The molecule has 2 saturated carbocycles. The Kier molecular flexibility index (Phi) is 6.78. The van der Waals surface area contributed by atoms with Gasteiger partial charge < -0.3 is 21.3 Å². The molecule has 6 rings (SSSR count). The molecule has 3 aromatic heterocycles. The normalized spacial score (nSPS) is 18.9. The number of nitrogens with zero attached hydrogens (tertiary/aromatic N) is 4. The number of hydrogen-bond acceptors (Lipinski definition) is 7. The van der Waals surface area contributed by atoms with E-state index in [4.69, 9.17) is 0 Å². The Morgan fingerprint density at radius 3 is 2.31 bits per heavy atom. The summed E-state index contributed by atoms with van der Waals surface area (Å²) in [6, 6.07) is 13.2. The number of benzene rings is 1. The second-order valence-corrected chi connectivity index (χ2v) is 10.1. The summed E-state index contributed by atoms with van der Waals surface area (Å²) in [7, 11) is 0. The van der Waals surface area contributed by atoms with Crippen LogP contribution in [0.3, 0.4) is 0 Å². The number of carbonyl (C=O) groups excluding carboxylic acids is 2. The van der Waals surface area contributed by atoms with E-state index in [1.807, 2.05) is 36.4 Å². The summed E-state index contributed by atoms with van der Waals surface area (Å²) in [5, 5.41) is 17.4. The molecule has 1 aromatic carbocycles. The van der Waals surface area contributed by atoms with E-state index >= 15 is 0 Å². The lowest BCUT2D eigenvalue weighted by Crippen LogP contribution is -2.40. The van der Waals surface area contributed by atoms with Crippen molar-refractivity contribution in [3.05, 3.63) is 78.1 Å². The maximum atomic E-state index is 14.1. The Balaban J connectivity index is 1.16. The third-order valence-electron chi connectivity index (χ3n) is 7.11. The number of imidazole rings is 1. The maximum Gasteiger partial charge on any atom is 0.276 e. The van der Waals surface area contributed by atoms with E-state index in [9.17, 15) is 14.0 Å². The highest BCUT2D eigenvalue weighted by Crippen LogP contribution is 2.30. The average molecular weight is 529 g/mol. The van der Waals surface area contributed by atoms with Gasteiger partial charge in [-0.25, -0.2) is 13.9 Å². The zero-order chi connectivity index (χ0) is 26.8. The minimum atomic E-state index is -0.623. The van der Waals surface area contributed by atoms with Gasteiger partial charge in [0.2, 0.25) is 0 Å². The van der Waals surface area contributed by atoms with Crippen molar-refractivity contribution in [3.8, 4) is 0 Å². The average Bonchev–Trinajstić information content (AvgIpc) is 3.66. The predicted molar refractivity (Wildman–Crippen MR) is 145 cm³/mol. The van der Waals surface area contributed by atoms with E-state index in [2.05, 4.69) is 36.3 Å². The number of halogens is 1. The van der Waals surface area contributed by atoms with Crippen LogP contribution in [0.15, 0.2) is 61.1 Å². The SMILES string of the molecule is O=C(NC1CCC(Nc2cc(NC3CC3)c3ncc(C(=O)Nc4ccncc4F)n3n2)CC1)c1ccccc1. The van der Waals surface area contributed by atoms with Gasteiger partial charge in [0, 0.05) is 36.0 Å². The molecule has 2 fully saturated rings. The summed E-state index contributed by atoms with van der Waals surface area (Å²) in [6.45, 7) is 0. The number of anilines is 3. The van der Waals surface area contributed by atoms with Crippen molar-refractivity contribution in [2.24, 2.45) is 0 Å². The Labute approximate surface area is 224 Å². The molecule has 0 unspecified atom stereocenters. The van der Waals surface area contributed by atoms with Crippen molar-refractivity contribution >= 4 is 34.7 Å². The van der Waals surface area contributed by atoms with Gasteiger partial charge in [0.15, 0.2) is 17.2 Å². The first-order valence-corrected chi connectivity index (χ1v) is 13.2. The van der Waals surface area contributed by atoms with Crippen LogP contribution in [0.4, 0.5) is 21.6 Å². The first-order valence-electron chi connectivity index (χ1n) is 13.2. The van der Waals surface area contributed by atoms with Crippen LogP contribution in [-0.4, -0.2) is 49.5 Å². The molecular formula is C28H29FN8O2. The number of rotatable bonds is 8. The van der Waals surface area contributed by atoms with Crippen LogP contribution in [0.2, 0.25) is 0 Å². The number of hydrogen-bond donors (Lipinski definition) is 4. The minimum Gasteiger partial charge on any atom is -0.379 e. The van der Waals surface area contributed by atoms with Crippen LogP contribution >= 0.6 is 0 Å². The predicted octanol–water partition coefficient (Wildman–Crippen LogP) is 4.24. The Hall–Kier alpha value is -4.54. The molecule has 39 heavy (non-hydrogen) atoms. The lowest BCUT2D eigenvalue weighted by atomic mass is 9.91. The van der Waals surface area contributed by atoms with Gasteiger partial charge in [0.1, 0.15) is 5.82 Å². The third kappa shape index (κ3) is 5.66. The van der Waals surface area contributed by atoms with Crippen molar-refractivity contribution in [1.82, 2.24) is 24.9 Å². The highest BCUT2D eigenvalue weighted by Gasteiger charge is 2.26. The number of fused-ring (bicyclic) bond motifs is 1. The topological polar surface area (TPSA) is 125 Å². The van der Waals surface area contributed by atoms with Crippen LogP contribution in [0.5, 0.6) is 0 Å². The molecule has 4 aromatic rings. The fourth-order valence-electron chi connectivity index (χ4n) is 4.86. The minimum absolute atomic E-state index is 0.0340. The summed E-state index contributed by atoms with van der Waals surface area (Å²) in [5.41, 5.74) is 2.20. The van der Waals surface area contributed by atoms with Crippen LogP contribution in [0, 0.1) is 5.82 Å². The van der Waals surface area contributed by atoms with E-state index in [1.54, 1.807) is 0 Å². The number of pyridine rings is 1. The van der Waals surface area contributed by atoms with Crippen molar-refractivity contribution < 1.29 is 14.0 Å². The quantitative estimate of drug-likeness (QED) is 0.270. The fourth-order valence-corrected chi connectivity index (χ4v) is 4.86. The summed E-state index contributed by atoms with van der Waals surface area (Å²) in [5.74, 6) is -0.581. The van der Waals surface area contributed by atoms with Crippen molar-refractivity contribution in [1.29, 1.82) is 0 Å². The smallest absolute Gasteiger partial charge is 0.276 e. The van der Waals surface area contributed by atoms with Gasteiger partial charge in [-0.2, -0.15) is 0 Å². The van der Waals surface area contributed by atoms with Crippen LogP contribution in [0.25, 0.3) is 5.65 Å². The van der Waals surface area contributed by atoms with Crippen molar-refractivity contribution in [2.45, 2.75) is 56.7 Å². The molecule has 0 radical (unpaired) electrons. The lowest BCUT2D eigenvalue weighted by Gasteiger charge is -2.30. The van der Waals surface area contributed by atoms with E-state index < -0.39 is 11.7 Å². The molecule has 0 bridgehead atoms. The number of carbonyl (C=O) groups is 2. The molecule has 2 aliphatic rings. The molecule has 3 heterocycles. The number of aromatic nitrogens is 4. The van der Waals surface area contributed by atoms with Gasteiger partial charge in [0.25, 0.3) is 11.8 Å². The molecule has 200 valence electrons. The largest absolute Gasteiger partial charge is 0.379 e. The molecule has 2 amide bonds. The van der Waals surface area contributed by atoms with Gasteiger partial charge in [0.05, 0.1) is 23.8 Å². The molecule has 0 saturated heterocycles. The second kappa shape index (κ2) is 10.7. The van der Waals surface area contributed by atoms with Gasteiger partial charge >= 0.3 is 0 Å². The van der Waals surface area contributed by atoms with Gasteiger partial charge in [-0.3, -0.25) is 14.6 Å². The Bertz CT molecular complexity index is 1500. The Morgan fingerprint density at radius 1 is 0.846 bits per heavy atom. The fraction of sp³-hybridized carbons (Fsp3) is 0.321. The van der Waals surface area contributed by atoms with Crippen LogP contribution in [0.1, 0.15) is 59.4 Å². The maximum absolute atomic E-state index is 14.1. The first kappa shape index (κ1) is 24.8. The van der Waals surface area contributed by atoms with E-state index in [0.717, 1.165) is 50.4 Å². The molecule has 0 spiro atoms. The molecule has 0 aliphatic heterocycles. The number of amides is 2. The first-order chi connectivity index (χ1) is 19.0. The number of nitrogens with one attached hydrogen (secondary N) is 4. The molecule has 0 atom stereocenters. The van der Waals surface area contributed by atoms with E-state index in [0.29, 0.717) is 23.1 Å². The van der Waals surface area contributed by atoms with Gasteiger partial charge in [-0.15, -0.1) is 5.10 Å². The highest BCUT2D eigenvalue weighted by atomic mass is 19.1. The third-order valence-corrected chi connectivity index (χ3v) is 7.11. The van der Waals surface area contributed by atoms with Crippen molar-refractivity contribution in [2.75, 3.05) is 16.0 Å². The summed E-state index contributed by atoms with van der Waals surface area (Å²) in [4.78, 5) is 33.7. The van der Waals surface area contributed by atoms with Crippen LogP contribution < -0.4 is 21.3 Å².